The van der Waals surface area contributed by atoms with Gasteiger partial charge in [-0.3, -0.25) is 4.79 Å². The molecule has 138 valence electrons. The minimum absolute atomic E-state index is 0.210. The van der Waals surface area contributed by atoms with Crippen LogP contribution in [0.3, 0.4) is 0 Å². The number of esters is 1. The van der Waals surface area contributed by atoms with Crippen LogP contribution in [0.4, 0.5) is 0 Å². The number of fused-ring (bicyclic) bond motifs is 1. The van der Waals surface area contributed by atoms with E-state index >= 15 is 0 Å². The number of benzene rings is 2. The van der Waals surface area contributed by atoms with Gasteiger partial charge in [0, 0.05) is 11.6 Å². The van der Waals surface area contributed by atoms with E-state index in [-0.39, 0.29) is 18.1 Å². The van der Waals surface area contributed by atoms with Crippen LogP contribution in [-0.2, 0) is 9.53 Å². The van der Waals surface area contributed by atoms with Crippen molar-refractivity contribution in [2.24, 2.45) is 0 Å². The van der Waals surface area contributed by atoms with Crippen molar-refractivity contribution in [3.8, 4) is 17.2 Å². The van der Waals surface area contributed by atoms with E-state index in [4.69, 9.17) is 14.2 Å². The molecule has 0 atom stereocenters. The normalized spacial score (nSPS) is 14.1. The van der Waals surface area contributed by atoms with Crippen molar-refractivity contribution in [1.29, 1.82) is 0 Å². The van der Waals surface area contributed by atoms with Gasteiger partial charge in [0.1, 0.15) is 17.2 Å². The lowest BCUT2D eigenvalue weighted by atomic mass is 10.1. The largest absolute Gasteiger partial charge is 0.496 e. The highest BCUT2D eigenvalue weighted by Gasteiger charge is 2.27. The van der Waals surface area contributed by atoms with E-state index in [2.05, 4.69) is 4.74 Å². The molecule has 0 bridgehead atoms. The Kier molecular flexibility index (Phi) is 5.56. The second-order valence-electron chi connectivity index (χ2n) is 5.59. The molecule has 0 fully saturated rings. The molecule has 1 aliphatic rings. The molecule has 27 heavy (non-hydrogen) atoms. The highest BCUT2D eigenvalue weighted by Crippen LogP contribution is 2.34. The zero-order chi connectivity index (χ0) is 19.2. The number of ketones is 1. The summed E-state index contributed by atoms with van der Waals surface area (Å²) in [5.41, 5.74) is 1.33. The minimum Gasteiger partial charge on any atom is -0.496 e. The van der Waals surface area contributed by atoms with Gasteiger partial charge in [0.05, 0.1) is 19.8 Å². The number of hydrogen-bond donors (Lipinski definition) is 0. The van der Waals surface area contributed by atoms with Crippen LogP contribution in [0.15, 0.2) is 60.4 Å². The molecule has 0 spiro atoms. The number of rotatable bonds is 6. The van der Waals surface area contributed by atoms with Crippen LogP contribution in [0.25, 0.3) is 6.08 Å². The molecular formula is C21H18O6. The molecule has 0 aromatic heterocycles. The van der Waals surface area contributed by atoms with Crippen molar-refractivity contribution in [3.05, 3.63) is 71.5 Å². The lowest BCUT2D eigenvalue weighted by molar-refractivity contribution is -0.142. The first-order valence-corrected chi connectivity index (χ1v) is 8.20. The Bertz CT molecular complexity index is 926. The van der Waals surface area contributed by atoms with Gasteiger partial charge >= 0.3 is 5.97 Å². The van der Waals surface area contributed by atoms with Gasteiger partial charge in [-0.05, 0) is 24.3 Å². The summed E-state index contributed by atoms with van der Waals surface area (Å²) in [5, 5.41) is 0. The summed E-state index contributed by atoms with van der Waals surface area (Å²) in [6.07, 6.45) is 5.16. The predicted molar refractivity (Wildman–Crippen MR) is 99.0 cm³/mol. The topological polar surface area (TPSA) is 71.1 Å². The number of methoxy groups -OCH3 is 2. The van der Waals surface area contributed by atoms with Crippen LogP contribution in [0.2, 0.25) is 0 Å². The Morgan fingerprint density at radius 3 is 2.74 bits per heavy atom. The Morgan fingerprint density at radius 2 is 1.96 bits per heavy atom. The average Bonchev–Trinajstić information content (AvgIpc) is 3.01. The summed E-state index contributed by atoms with van der Waals surface area (Å²) in [7, 11) is 2.89. The molecule has 2 aromatic carbocycles. The van der Waals surface area contributed by atoms with Gasteiger partial charge in [0.2, 0.25) is 5.78 Å². The van der Waals surface area contributed by atoms with Gasteiger partial charge in [0.15, 0.2) is 12.4 Å². The van der Waals surface area contributed by atoms with Gasteiger partial charge in [0.25, 0.3) is 0 Å². The van der Waals surface area contributed by atoms with E-state index in [0.717, 1.165) is 11.3 Å². The first-order valence-electron chi connectivity index (χ1n) is 8.20. The number of para-hydroxylation sites is 1. The Hall–Kier alpha value is -3.54. The van der Waals surface area contributed by atoms with Gasteiger partial charge in [-0.2, -0.15) is 0 Å². The second-order valence-corrected chi connectivity index (χ2v) is 5.59. The summed E-state index contributed by atoms with van der Waals surface area (Å²) in [6.45, 7) is -0.215. The van der Waals surface area contributed by atoms with Crippen molar-refractivity contribution in [1.82, 2.24) is 0 Å². The number of hydrogen-bond acceptors (Lipinski definition) is 6. The number of carbonyl (C=O) groups excluding carboxylic acids is 2. The number of allylic oxidation sites excluding steroid dienone is 3. The van der Waals surface area contributed by atoms with Crippen LogP contribution in [0.5, 0.6) is 17.2 Å². The fourth-order valence-corrected chi connectivity index (χ4v) is 2.52. The lowest BCUT2D eigenvalue weighted by Crippen LogP contribution is -2.12. The van der Waals surface area contributed by atoms with Gasteiger partial charge < -0.3 is 18.9 Å². The summed E-state index contributed by atoms with van der Waals surface area (Å²) in [5.74, 6) is 1.04. The standard InChI is InChI=1S/C21H18O6/c1-24-17-8-4-3-6-14(17)7-5-9-18-21(23)16-11-10-15(12-19(16)27-18)26-13-20(22)25-2/h3-12H,13H2,1-2H3/b7-5+,18-9+. The number of ether oxygens (including phenoxy) is 4. The summed E-state index contributed by atoms with van der Waals surface area (Å²) < 4.78 is 20.7. The van der Waals surface area contributed by atoms with E-state index in [9.17, 15) is 9.59 Å². The monoisotopic (exact) mass is 366 g/mol. The van der Waals surface area contributed by atoms with E-state index in [1.807, 2.05) is 30.3 Å². The highest BCUT2D eigenvalue weighted by molar-refractivity contribution is 6.12. The van der Waals surface area contributed by atoms with Crippen molar-refractivity contribution in [2.75, 3.05) is 20.8 Å². The fourth-order valence-electron chi connectivity index (χ4n) is 2.52. The van der Waals surface area contributed by atoms with Crippen LogP contribution in [-0.4, -0.2) is 32.6 Å². The molecule has 3 rings (SSSR count). The van der Waals surface area contributed by atoms with Crippen LogP contribution >= 0.6 is 0 Å². The molecule has 0 aliphatic carbocycles. The van der Waals surface area contributed by atoms with E-state index in [1.54, 1.807) is 37.5 Å². The van der Waals surface area contributed by atoms with Crippen molar-refractivity contribution < 1.29 is 28.5 Å². The van der Waals surface area contributed by atoms with Crippen LogP contribution in [0.1, 0.15) is 15.9 Å². The maximum absolute atomic E-state index is 12.4. The third kappa shape index (κ3) is 4.17. The molecule has 0 amide bonds. The van der Waals surface area contributed by atoms with E-state index < -0.39 is 5.97 Å². The van der Waals surface area contributed by atoms with Crippen molar-refractivity contribution in [2.45, 2.75) is 0 Å². The summed E-state index contributed by atoms with van der Waals surface area (Å²) in [4.78, 5) is 23.6. The zero-order valence-electron chi connectivity index (χ0n) is 14.9. The first kappa shape index (κ1) is 18.3. The number of Topliss-reactive ketones (excluding diaryl/α,β-unsaturated/α-hetero) is 1. The average molecular weight is 366 g/mol. The molecule has 6 nitrogen and oxygen atoms in total. The summed E-state index contributed by atoms with van der Waals surface area (Å²) in [6, 6.07) is 12.3. The maximum Gasteiger partial charge on any atom is 0.343 e. The van der Waals surface area contributed by atoms with Crippen LogP contribution in [0, 0.1) is 0 Å². The first-order chi connectivity index (χ1) is 13.1. The molecule has 1 heterocycles. The predicted octanol–water partition coefficient (Wildman–Crippen LogP) is 3.42. The SMILES string of the molecule is COC(=O)COc1ccc2c(c1)O/C(=C/C=C/c1ccccc1OC)C2=O. The quantitative estimate of drug-likeness (QED) is 0.576. The number of carbonyl (C=O) groups is 2. The third-order valence-corrected chi connectivity index (χ3v) is 3.89. The molecule has 6 heteroatoms. The van der Waals surface area contributed by atoms with Crippen LogP contribution < -0.4 is 14.2 Å². The molecule has 0 saturated heterocycles. The van der Waals surface area contributed by atoms with Gasteiger partial charge in [-0.1, -0.05) is 30.4 Å². The molecule has 1 aliphatic heterocycles. The molecular weight excluding hydrogens is 348 g/mol. The molecule has 0 saturated carbocycles. The zero-order valence-corrected chi connectivity index (χ0v) is 14.9. The van der Waals surface area contributed by atoms with Gasteiger partial charge in [-0.25, -0.2) is 4.79 Å². The van der Waals surface area contributed by atoms with E-state index in [0.29, 0.717) is 17.1 Å². The molecule has 2 aromatic rings. The molecule has 0 radical (unpaired) electrons. The fraction of sp³-hybridized carbons (Fsp3) is 0.143. The lowest BCUT2D eigenvalue weighted by Gasteiger charge is -2.05. The highest BCUT2D eigenvalue weighted by atomic mass is 16.6. The Morgan fingerprint density at radius 1 is 1.15 bits per heavy atom. The van der Waals surface area contributed by atoms with Crippen molar-refractivity contribution >= 4 is 17.8 Å². The third-order valence-electron chi connectivity index (χ3n) is 3.89. The Balaban J connectivity index is 1.73. The minimum atomic E-state index is -0.491. The summed E-state index contributed by atoms with van der Waals surface area (Å²) >= 11 is 0. The Labute approximate surface area is 156 Å². The second kappa shape index (κ2) is 8.23. The molecule has 0 unspecified atom stereocenters. The molecule has 0 N–H and O–H groups in total. The van der Waals surface area contributed by atoms with Crippen molar-refractivity contribution in [3.63, 3.8) is 0 Å². The maximum atomic E-state index is 12.4. The smallest absolute Gasteiger partial charge is 0.343 e. The van der Waals surface area contributed by atoms with Gasteiger partial charge in [-0.15, -0.1) is 0 Å². The van der Waals surface area contributed by atoms with E-state index in [1.165, 1.54) is 7.11 Å².